The second-order valence-electron chi connectivity index (χ2n) is 5.12. The monoisotopic (exact) mass is 230 g/mol. The van der Waals surface area contributed by atoms with E-state index in [1.165, 1.54) is 5.56 Å². The summed E-state index contributed by atoms with van der Waals surface area (Å²) in [5, 5.41) is 3.38. The molecule has 2 unspecified atom stereocenters. The molecule has 0 aromatic heterocycles. The second kappa shape index (κ2) is 4.15. The summed E-state index contributed by atoms with van der Waals surface area (Å²) in [7, 11) is 0. The van der Waals surface area contributed by atoms with Crippen LogP contribution >= 0.6 is 0 Å². The Kier molecular flexibility index (Phi) is 2.63. The number of amides is 1. The zero-order valence-electron chi connectivity index (χ0n) is 10.1. The minimum absolute atomic E-state index is 0.285. The van der Waals surface area contributed by atoms with Gasteiger partial charge in [-0.1, -0.05) is 17.7 Å². The van der Waals surface area contributed by atoms with Crippen LogP contribution in [-0.4, -0.2) is 25.0 Å². The van der Waals surface area contributed by atoms with Gasteiger partial charge in [-0.15, -0.1) is 0 Å². The van der Waals surface area contributed by atoms with Crippen molar-refractivity contribution in [1.29, 1.82) is 0 Å². The van der Waals surface area contributed by atoms with Gasteiger partial charge in [0.05, 0.1) is 0 Å². The third-order valence-electron chi connectivity index (χ3n) is 3.92. The normalized spacial score (nSPS) is 28.3. The first-order valence-corrected chi connectivity index (χ1v) is 6.35. The Balaban J connectivity index is 1.90. The van der Waals surface area contributed by atoms with Crippen LogP contribution in [0.25, 0.3) is 0 Å². The molecule has 3 nitrogen and oxygen atoms in total. The van der Waals surface area contributed by atoms with Gasteiger partial charge in [-0.25, -0.2) is 0 Å². The molecule has 2 aliphatic rings. The van der Waals surface area contributed by atoms with Gasteiger partial charge in [0, 0.05) is 30.6 Å². The smallest absolute Gasteiger partial charge is 0.227 e. The molecule has 0 aliphatic carbocycles. The van der Waals surface area contributed by atoms with Crippen molar-refractivity contribution >= 4 is 11.6 Å². The lowest BCUT2D eigenvalue weighted by Crippen LogP contribution is -2.44. The van der Waals surface area contributed by atoms with Crippen LogP contribution in [0.5, 0.6) is 0 Å². The van der Waals surface area contributed by atoms with Crippen LogP contribution < -0.4 is 10.2 Å². The number of rotatable bonds is 1. The zero-order chi connectivity index (χ0) is 11.8. The van der Waals surface area contributed by atoms with E-state index < -0.39 is 0 Å². The first-order chi connectivity index (χ1) is 8.25. The predicted octanol–water partition coefficient (Wildman–Crippen LogP) is 1.71. The molecular weight excluding hydrogens is 212 g/mol. The number of carbonyl (C=O) groups excluding carboxylic acids is 1. The molecule has 2 fully saturated rings. The van der Waals surface area contributed by atoms with Gasteiger partial charge in [0.1, 0.15) is 0 Å². The Hall–Kier alpha value is -1.35. The van der Waals surface area contributed by atoms with E-state index in [0.717, 1.165) is 25.2 Å². The highest BCUT2D eigenvalue weighted by Gasteiger charge is 2.41. The molecule has 1 amide bonds. The average Bonchev–Trinajstić information content (AvgIpc) is 2.66. The molecule has 17 heavy (non-hydrogen) atoms. The molecule has 0 saturated carbocycles. The van der Waals surface area contributed by atoms with Crippen LogP contribution in [0.4, 0.5) is 5.69 Å². The fraction of sp³-hybridized carbons (Fsp3) is 0.500. The van der Waals surface area contributed by atoms with Gasteiger partial charge in [0.15, 0.2) is 0 Å². The van der Waals surface area contributed by atoms with E-state index in [1.807, 2.05) is 4.90 Å². The molecule has 0 radical (unpaired) electrons. The molecule has 1 aromatic carbocycles. The molecule has 1 N–H and O–H groups in total. The third kappa shape index (κ3) is 1.84. The number of fused-ring (bicyclic) bond motifs is 1. The van der Waals surface area contributed by atoms with Crippen LogP contribution in [-0.2, 0) is 4.79 Å². The number of nitrogens with zero attached hydrogens (tertiary/aromatic N) is 1. The summed E-state index contributed by atoms with van der Waals surface area (Å²) in [4.78, 5) is 14.1. The Morgan fingerprint density at radius 3 is 2.82 bits per heavy atom. The maximum atomic E-state index is 12.1. The van der Waals surface area contributed by atoms with E-state index in [4.69, 9.17) is 0 Å². The quantitative estimate of drug-likeness (QED) is 0.796. The van der Waals surface area contributed by atoms with Gasteiger partial charge in [0.25, 0.3) is 0 Å². The van der Waals surface area contributed by atoms with Crippen molar-refractivity contribution in [3.63, 3.8) is 0 Å². The first-order valence-electron chi connectivity index (χ1n) is 6.35. The largest absolute Gasteiger partial charge is 0.316 e. The van der Waals surface area contributed by atoms with E-state index >= 15 is 0 Å². The number of piperidine rings is 1. The lowest BCUT2D eigenvalue weighted by molar-refractivity contribution is -0.117. The molecule has 2 heterocycles. The van der Waals surface area contributed by atoms with Crippen molar-refractivity contribution in [3.8, 4) is 0 Å². The Morgan fingerprint density at radius 2 is 2.06 bits per heavy atom. The van der Waals surface area contributed by atoms with Crippen molar-refractivity contribution in [2.24, 2.45) is 5.92 Å². The SMILES string of the molecule is Cc1ccc(N2C(=O)CC3CNCCC32)cc1. The molecule has 3 heteroatoms. The average molecular weight is 230 g/mol. The molecule has 2 atom stereocenters. The molecule has 0 bridgehead atoms. The van der Waals surface area contributed by atoms with Crippen molar-refractivity contribution in [2.45, 2.75) is 25.8 Å². The van der Waals surface area contributed by atoms with Gasteiger partial charge in [-0.2, -0.15) is 0 Å². The number of nitrogens with one attached hydrogen (secondary N) is 1. The summed E-state index contributed by atoms with van der Waals surface area (Å²) in [6.07, 6.45) is 1.77. The highest BCUT2D eigenvalue weighted by Crippen LogP contribution is 2.33. The van der Waals surface area contributed by atoms with E-state index in [-0.39, 0.29) is 5.91 Å². The molecule has 3 rings (SSSR count). The number of hydrogen-bond acceptors (Lipinski definition) is 2. The van der Waals surface area contributed by atoms with Crippen molar-refractivity contribution in [1.82, 2.24) is 5.32 Å². The van der Waals surface area contributed by atoms with Crippen LogP contribution in [0, 0.1) is 12.8 Å². The van der Waals surface area contributed by atoms with E-state index in [0.29, 0.717) is 18.4 Å². The van der Waals surface area contributed by atoms with Crippen molar-refractivity contribution in [2.75, 3.05) is 18.0 Å². The Morgan fingerprint density at radius 1 is 1.29 bits per heavy atom. The summed E-state index contributed by atoms with van der Waals surface area (Å²) < 4.78 is 0. The minimum Gasteiger partial charge on any atom is -0.316 e. The number of anilines is 1. The van der Waals surface area contributed by atoms with Gasteiger partial charge in [-0.3, -0.25) is 4.79 Å². The maximum Gasteiger partial charge on any atom is 0.227 e. The molecule has 90 valence electrons. The lowest BCUT2D eigenvalue weighted by atomic mass is 9.94. The maximum absolute atomic E-state index is 12.1. The summed E-state index contributed by atoms with van der Waals surface area (Å²) >= 11 is 0. The van der Waals surface area contributed by atoms with E-state index in [2.05, 4.69) is 36.5 Å². The fourth-order valence-electron chi connectivity index (χ4n) is 3.01. The van der Waals surface area contributed by atoms with Gasteiger partial charge in [-0.05, 0) is 32.0 Å². The molecule has 1 aromatic rings. The number of benzene rings is 1. The summed E-state index contributed by atoms with van der Waals surface area (Å²) in [6, 6.07) is 8.70. The van der Waals surface area contributed by atoms with Crippen LogP contribution in [0.15, 0.2) is 24.3 Å². The molecule has 0 spiro atoms. The molecule has 2 saturated heterocycles. The third-order valence-corrected chi connectivity index (χ3v) is 3.92. The Bertz CT molecular complexity index is 426. The highest BCUT2D eigenvalue weighted by molar-refractivity contribution is 5.96. The molecular formula is C14H18N2O. The zero-order valence-corrected chi connectivity index (χ0v) is 10.1. The summed E-state index contributed by atoms with van der Waals surface area (Å²) in [5.41, 5.74) is 2.30. The van der Waals surface area contributed by atoms with E-state index in [9.17, 15) is 4.79 Å². The van der Waals surface area contributed by atoms with Crippen LogP contribution in [0.3, 0.4) is 0 Å². The van der Waals surface area contributed by atoms with Crippen molar-refractivity contribution in [3.05, 3.63) is 29.8 Å². The highest BCUT2D eigenvalue weighted by atomic mass is 16.2. The van der Waals surface area contributed by atoms with E-state index in [1.54, 1.807) is 0 Å². The van der Waals surface area contributed by atoms with Gasteiger partial charge in [0.2, 0.25) is 5.91 Å². The number of carbonyl (C=O) groups is 1. The molecule has 2 aliphatic heterocycles. The summed E-state index contributed by atoms with van der Waals surface area (Å²) in [6.45, 7) is 4.08. The van der Waals surface area contributed by atoms with Crippen LogP contribution in [0.1, 0.15) is 18.4 Å². The van der Waals surface area contributed by atoms with Gasteiger partial charge >= 0.3 is 0 Å². The number of hydrogen-bond donors (Lipinski definition) is 1. The lowest BCUT2D eigenvalue weighted by Gasteiger charge is -2.32. The topological polar surface area (TPSA) is 32.3 Å². The van der Waals surface area contributed by atoms with Crippen LogP contribution in [0.2, 0.25) is 0 Å². The standard InChI is InChI=1S/C14H18N2O/c1-10-2-4-12(5-3-10)16-13-6-7-15-9-11(13)8-14(16)17/h2-5,11,13,15H,6-9H2,1H3. The minimum atomic E-state index is 0.285. The van der Waals surface area contributed by atoms with Crippen molar-refractivity contribution < 1.29 is 4.79 Å². The predicted molar refractivity (Wildman–Crippen MR) is 68.0 cm³/mol. The first kappa shape index (κ1) is 10.8. The number of aryl methyl sites for hydroxylation is 1. The summed E-state index contributed by atoms with van der Waals surface area (Å²) in [5.74, 6) is 0.783. The second-order valence-corrected chi connectivity index (χ2v) is 5.12. The van der Waals surface area contributed by atoms with Gasteiger partial charge < -0.3 is 10.2 Å². The fourth-order valence-corrected chi connectivity index (χ4v) is 3.01. The Labute approximate surface area is 102 Å².